The number of benzene rings is 1. The van der Waals surface area contributed by atoms with E-state index < -0.39 is 23.9 Å². The van der Waals surface area contributed by atoms with Gasteiger partial charge >= 0.3 is 5.97 Å². The Labute approximate surface area is 143 Å². The highest BCUT2D eigenvalue weighted by atomic mass is 35.5. The number of halogens is 2. The second-order valence-corrected chi connectivity index (χ2v) is 4.87. The third-order valence-electron chi connectivity index (χ3n) is 2.63. The van der Waals surface area contributed by atoms with Gasteiger partial charge < -0.3 is 20.1 Å². The zero-order valence-corrected chi connectivity index (χ0v) is 14.0. The normalized spacial score (nSPS) is 10.1. The van der Waals surface area contributed by atoms with Crippen LogP contribution in [-0.2, 0) is 14.4 Å². The van der Waals surface area contributed by atoms with Crippen LogP contribution in [0.25, 0.3) is 0 Å². The standard InChI is InChI=1S/C14H16Cl2N2O5/c1-8(19)23-10-4-3-9(5-11(10)22-2)14(17-12(20)6-15)18-13(21)7-16/h3-5,14H,6-7H2,1-2H3,(H,17,20)(H,18,21). The van der Waals surface area contributed by atoms with E-state index in [1.54, 1.807) is 6.07 Å². The van der Waals surface area contributed by atoms with Crippen LogP contribution in [0.15, 0.2) is 18.2 Å². The Morgan fingerprint density at radius 1 is 1.09 bits per heavy atom. The topological polar surface area (TPSA) is 93.7 Å². The van der Waals surface area contributed by atoms with E-state index >= 15 is 0 Å². The van der Waals surface area contributed by atoms with Crippen molar-refractivity contribution in [3.05, 3.63) is 23.8 Å². The van der Waals surface area contributed by atoms with Gasteiger partial charge in [0, 0.05) is 6.92 Å². The van der Waals surface area contributed by atoms with Gasteiger partial charge in [0.25, 0.3) is 0 Å². The number of amides is 2. The summed E-state index contributed by atoms with van der Waals surface area (Å²) in [5.74, 6) is -1.51. The Bertz CT molecular complexity index is 577. The second kappa shape index (κ2) is 9.22. The molecule has 0 aliphatic carbocycles. The fraction of sp³-hybridized carbons (Fsp3) is 0.357. The van der Waals surface area contributed by atoms with Gasteiger partial charge in [0.05, 0.1) is 7.11 Å². The molecule has 0 heterocycles. The zero-order chi connectivity index (χ0) is 17.4. The first-order valence-corrected chi connectivity index (χ1v) is 7.55. The summed E-state index contributed by atoms with van der Waals surface area (Å²) in [6.07, 6.45) is -0.854. The van der Waals surface area contributed by atoms with Crippen molar-refractivity contribution in [2.45, 2.75) is 13.1 Å². The van der Waals surface area contributed by atoms with Gasteiger partial charge in [-0.05, 0) is 17.7 Å². The highest BCUT2D eigenvalue weighted by Gasteiger charge is 2.19. The van der Waals surface area contributed by atoms with Crippen LogP contribution in [0.4, 0.5) is 0 Å². The molecule has 0 aromatic heterocycles. The average molecular weight is 363 g/mol. The molecule has 0 spiro atoms. The maximum absolute atomic E-state index is 11.5. The number of methoxy groups -OCH3 is 1. The lowest BCUT2D eigenvalue weighted by Gasteiger charge is -2.21. The Morgan fingerprint density at radius 3 is 2.09 bits per heavy atom. The van der Waals surface area contributed by atoms with Crippen molar-refractivity contribution in [2.75, 3.05) is 18.9 Å². The number of carbonyl (C=O) groups is 3. The summed E-state index contributed by atoms with van der Waals surface area (Å²) < 4.78 is 10.1. The predicted octanol–water partition coefficient (Wildman–Crippen LogP) is 1.33. The van der Waals surface area contributed by atoms with Gasteiger partial charge in [-0.1, -0.05) is 6.07 Å². The molecule has 23 heavy (non-hydrogen) atoms. The van der Waals surface area contributed by atoms with Crippen LogP contribution >= 0.6 is 23.2 Å². The summed E-state index contributed by atoms with van der Waals surface area (Å²) in [5, 5.41) is 5.07. The second-order valence-electron chi connectivity index (χ2n) is 4.34. The van der Waals surface area contributed by atoms with E-state index in [4.69, 9.17) is 32.7 Å². The minimum Gasteiger partial charge on any atom is -0.493 e. The molecular formula is C14H16Cl2N2O5. The fourth-order valence-corrected chi connectivity index (χ4v) is 1.86. The number of hydrogen-bond acceptors (Lipinski definition) is 5. The van der Waals surface area contributed by atoms with Gasteiger partial charge in [-0.15, -0.1) is 23.2 Å². The number of nitrogens with one attached hydrogen (secondary N) is 2. The van der Waals surface area contributed by atoms with Crippen LogP contribution < -0.4 is 20.1 Å². The number of ether oxygens (including phenoxy) is 2. The van der Waals surface area contributed by atoms with Crippen molar-refractivity contribution >= 4 is 41.0 Å². The number of hydrogen-bond donors (Lipinski definition) is 2. The molecule has 1 aromatic carbocycles. The molecule has 126 valence electrons. The van der Waals surface area contributed by atoms with E-state index in [2.05, 4.69) is 10.6 Å². The van der Waals surface area contributed by atoms with Crippen molar-refractivity contribution in [3.63, 3.8) is 0 Å². The summed E-state index contributed by atoms with van der Waals surface area (Å²) in [7, 11) is 1.40. The van der Waals surface area contributed by atoms with E-state index in [0.29, 0.717) is 5.56 Å². The van der Waals surface area contributed by atoms with Crippen LogP contribution in [-0.4, -0.2) is 36.7 Å². The molecule has 7 nitrogen and oxygen atoms in total. The number of esters is 1. The predicted molar refractivity (Wildman–Crippen MR) is 84.8 cm³/mol. The molecule has 0 aliphatic heterocycles. The monoisotopic (exact) mass is 362 g/mol. The Morgan fingerprint density at radius 2 is 1.65 bits per heavy atom. The smallest absolute Gasteiger partial charge is 0.308 e. The minimum absolute atomic E-state index is 0.217. The summed E-state index contributed by atoms with van der Waals surface area (Å²) in [6, 6.07) is 4.57. The lowest BCUT2D eigenvalue weighted by Crippen LogP contribution is -2.42. The molecule has 1 rings (SSSR count). The molecule has 2 amide bonds. The summed E-state index contributed by atoms with van der Waals surface area (Å²) in [4.78, 5) is 34.1. The quantitative estimate of drug-likeness (QED) is 0.330. The van der Waals surface area contributed by atoms with Gasteiger partial charge in [-0.2, -0.15) is 0 Å². The molecule has 0 radical (unpaired) electrons. The van der Waals surface area contributed by atoms with Gasteiger partial charge in [0.2, 0.25) is 11.8 Å². The molecule has 2 N–H and O–H groups in total. The van der Waals surface area contributed by atoms with E-state index in [1.807, 2.05) is 0 Å². The lowest BCUT2D eigenvalue weighted by atomic mass is 10.1. The Kier molecular flexibility index (Phi) is 7.64. The van der Waals surface area contributed by atoms with Gasteiger partial charge in [0.1, 0.15) is 17.9 Å². The van der Waals surface area contributed by atoms with Crippen molar-refractivity contribution in [2.24, 2.45) is 0 Å². The third-order valence-corrected chi connectivity index (χ3v) is 3.11. The molecule has 0 bridgehead atoms. The summed E-state index contributed by atoms with van der Waals surface area (Å²) in [5.41, 5.74) is 0.495. The van der Waals surface area contributed by atoms with E-state index in [0.717, 1.165) is 0 Å². The van der Waals surface area contributed by atoms with E-state index in [9.17, 15) is 14.4 Å². The summed E-state index contributed by atoms with van der Waals surface area (Å²) >= 11 is 10.9. The maximum Gasteiger partial charge on any atom is 0.308 e. The first-order chi connectivity index (χ1) is 10.9. The number of alkyl halides is 2. The largest absolute Gasteiger partial charge is 0.493 e. The van der Waals surface area contributed by atoms with Crippen molar-refractivity contribution in [1.29, 1.82) is 0 Å². The van der Waals surface area contributed by atoms with Crippen LogP contribution in [0.2, 0.25) is 0 Å². The SMILES string of the molecule is COc1cc(C(NC(=O)CCl)NC(=O)CCl)ccc1OC(C)=O. The zero-order valence-electron chi connectivity index (χ0n) is 12.5. The lowest BCUT2D eigenvalue weighted by molar-refractivity contribution is -0.132. The highest BCUT2D eigenvalue weighted by Crippen LogP contribution is 2.30. The highest BCUT2D eigenvalue weighted by molar-refractivity contribution is 6.27. The molecule has 0 atom stereocenters. The molecule has 0 fully saturated rings. The van der Waals surface area contributed by atoms with Gasteiger partial charge in [0.15, 0.2) is 11.5 Å². The molecule has 0 aliphatic rings. The molecule has 0 unspecified atom stereocenters. The molecule has 0 saturated heterocycles. The average Bonchev–Trinajstić information content (AvgIpc) is 2.53. The molecule has 9 heteroatoms. The maximum atomic E-state index is 11.5. The van der Waals surface area contributed by atoms with Gasteiger partial charge in [-0.25, -0.2) is 0 Å². The summed E-state index contributed by atoms with van der Waals surface area (Å²) in [6.45, 7) is 1.26. The number of carbonyl (C=O) groups excluding carboxylic acids is 3. The van der Waals surface area contributed by atoms with Crippen LogP contribution in [0.3, 0.4) is 0 Å². The third kappa shape index (κ3) is 5.96. The van der Waals surface area contributed by atoms with Crippen molar-refractivity contribution < 1.29 is 23.9 Å². The van der Waals surface area contributed by atoms with E-state index in [1.165, 1.54) is 26.2 Å². The first-order valence-electron chi connectivity index (χ1n) is 6.48. The van der Waals surface area contributed by atoms with Crippen LogP contribution in [0, 0.1) is 0 Å². The fourth-order valence-electron chi connectivity index (χ4n) is 1.70. The van der Waals surface area contributed by atoms with Crippen LogP contribution in [0.1, 0.15) is 18.7 Å². The van der Waals surface area contributed by atoms with Crippen LogP contribution in [0.5, 0.6) is 11.5 Å². The Hall–Kier alpha value is -1.99. The molecule has 1 aromatic rings. The van der Waals surface area contributed by atoms with Crippen molar-refractivity contribution in [3.8, 4) is 11.5 Å². The minimum atomic E-state index is -0.854. The molecule has 0 saturated carbocycles. The van der Waals surface area contributed by atoms with E-state index in [-0.39, 0.29) is 23.3 Å². The number of rotatable bonds is 7. The first kappa shape index (κ1) is 19.1. The molecular weight excluding hydrogens is 347 g/mol. The Balaban J connectivity index is 3.11. The van der Waals surface area contributed by atoms with Gasteiger partial charge in [-0.3, -0.25) is 14.4 Å². The van der Waals surface area contributed by atoms with Crippen molar-refractivity contribution in [1.82, 2.24) is 10.6 Å².